The van der Waals surface area contributed by atoms with E-state index in [2.05, 4.69) is 15.5 Å². The molecule has 8 nitrogen and oxygen atoms in total. The molecule has 0 aromatic rings. The lowest BCUT2D eigenvalue weighted by molar-refractivity contribution is -0.137. The van der Waals surface area contributed by atoms with E-state index in [-0.39, 0.29) is 30.6 Å². The third-order valence-corrected chi connectivity index (χ3v) is 6.00. The Morgan fingerprint density at radius 1 is 0.964 bits per heavy atom. The number of aliphatic hydroxyl groups excluding tert-OH is 1. The van der Waals surface area contributed by atoms with Crippen molar-refractivity contribution >= 4 is 11.8 Å². The highest BCUT2D eigenvalue weighted by Crippen LogP contribution is 2.23. The van der Waals surface area contributed by atoms with E-state index in [0.29, 0.717) is 45.1 Å². The molecule has 3 atom stereocenters. The molecule has 2 heterocycles. The van der Waals surface area contributed by atoms with Crippen LogP contribution in [0.3, 0.4) is 0 Å². The van der Waals surface area contributed by atoms with Crippen molar-refractivity contribution < 1.29 is 24.2 Å². The zero-order chi connectivity index (χ0) is 19.8. The van der Waals surface area contributed by atoms with Crippen LogP contribution in [-0.2, 0) is 19.1 Å². The predicted molar refractivity (Wildman–Crippen MR) is 104 cm³/mol. The van der Waals surface area contributed by atoms with E-state index in [9.17, 15) is 14.7 Å². The van der Waals surface area contributed by atoms with Gasteiger partial charge in [0, 0.05) is 19.1 Å². The van der Waals surface area contributed by atoms with Crippen LogP contribution in [0.1, 0.15) is 51.4 Å². The van der Waals surface area contributed by atoms with Crippen LogP contribution in [0.5, 0.6) is 0 Å². The second-order valence-electron chi connectivity index (χ2n) is 8.23. The number of nitrogens with zero attached hydrogens (tertiary/aromatic N) is 1. The third kappa shape index (κ3) is 6.69. The first-order chi connectivity index (χ1) is 13.6. The number of ether oxygens (including phenoxy) is 2. The molecule has 0 spiro atoms. The Hall–Kier alpha value is -1.22. The molecule has 3 N–H and O–H groups in total. The van der Waals surface area contributed by atoms with Crippen LogP contribution < -0.4 is 10.6 Å². The van der Waals surface area contributed by atoms with Crippen LogP contribution in [0.4, 0.5) is 0 Å². The molecule has 28 heavy (non-hydrogen) atoms. The van der Waals surface area contributed by atoms with Crippen molar-refractivity contribution in [2.75, 3.05) is 39.5 Å². The molecule has 0 aromatic carbocycles. The number of amides is 2. The molecule has 3 fully saturated rings. The first kappa shape index (κ1) is 21.5. The summed E-state index contributed by atoms with van der Waals surface area (Å²) >= 11 is 0. The summed E-state index contributed by atoms with van der Waals surface area (Å²) in [5.41, 5.74) is 0. The minimum absolute atomic E-state index is 0.0309. The third-order valence-electron chi connectivity index (χ3n) is 6.00. The standard InChI is InChI=1S/C20H35N3O5/c24-14-18-17(22-20(26)13-23-8-10-27-11-9-23)7-6-16(28-18)12-19(25)21-15-4-2-1-3-5-15/h15-18,24H,1-14H2,(H,21,25)(H,22,26)/t16-,17-,18-/m1/s1. The second kappa shape index (κ2) is 11.1. The number of morpholine rings is 1. The molecule has 2 saturated heterocycles. The van der Waals surface area contributed by atoms with Gasteiger partial charge in [-0.25, -0.2) is 0 Å². The first-order valence-corrected chi connectivity index (χ1v) is 10.8. The normalized spacial score (nSPS) is 30.0. The fourth-order valence-electron chi connectivity index (χ4n) is 4.40. The van der Waals surface area contributed by atoms with E-state index in [1.54, 1.807) is 0 Å². The van der Waals surface area contributed by atoms with Gasteiger partial charge in [-0.15, -0.1) is 0 Å². The molecule has 0 aromatic heterocycles. The fraction of sp³-hybridized carbons (Fsp3) is 0.900. The van der Waals surface area contributed by atoms with E-state index in [1.807, 2.05) is 0 Å². The molecule has 1 aliphatic carbocycles. The molecule has 2 amide bonds. The molecule has 3 aliphatic rings. The summed E-state index contributed by atoms with van der Waals surface area (Å²) in [6.45, 7) is 3.01. The summed E-state index contributed by atoms with van der Waals surface area (Å²) in [5, 5.41) is 15.8. The highest BCUT2D eigenvalue weighted by molar-refractivity contribution is 5.78. The van der Waals surface area contributed by atoms with Gasteiger partial charge in [-0.3, -0.25) is 14.5 Å². The topological polar surface area (TPSA) is 100 Å². The second-order valence-corrected chi connectivity index (χ2v) is 8.23. The molecule has 3 rings (SSSR count). The lowest BCUT2D eigenvalue weighted by Gasteiger charge is -2.36. The Labute approximate surface area is 167 Å². The summed E-state index contributed by atoms with van der Waals surface area (Å²) < 4.78 is 11.2. The van der Waals surface area contributed by atoms with Gasteiger partial charge in [0.25, 0.3) is 0 Å². The van der Waals surface area contributed by atoms with Gasteiger partial charge >= 0.3 is 0 Å². The highest BCUT2D eigenvalue weighted by Gasteiger charge is 2.33. The van der Waals surface area contributed by atoms with Crippen LogP contribution in [0.2, 0.25) is 0 Å². The number of aliphatic hydroxyl groups is 1. The van der Waals surface area contributed by atoms with E-state index >= 15 is 0 Å². The van der Waals surface area contributed by atoms with Gasteiger partial charge < -0.3 is 25.2 Å². The van der Waals surface area contributed by atoms with Crippen molar-refractivity contribution in [1.82, 2.24) is 15.5 Å². The van der Waals surface area contributed by atoms with E-state index < -0.39 is 6.10 Å². The number of nitrogens with one attached hydrogen (secondary N) is 2. The molecule has 8 heteroatoms. The van der Waals surface area contributed by atoms with Crippen molar-refractivity contribution in [1.29, 1.82) is 0 Å². The predicted octanol–water partition coefficient (Wildman–Crippen LogP) is 0.182. The number of carbonyl (C=O) groups is 2. The minimum atomic E-state index is -0.463. The smallest absolute Gasteiger partial charge is 0.234 e. The SMILES string of the molecule is O=C(C[C@H]1CC[C@@H](NC(=O)CN2CCOCC2)[C@@H](CO)O1)NC1CCCCC1. The Morgan fingerprint density at radius 2 is 1.71 bits per heavy atom. The summed E-state index contributed by atoms with van der Waals surface area (Å²) in [7, 11) is 0. The molecule has 0 unspecified atom stereocenters. The maximum absolute atomic E-state index is 12.3. The molecular formula is C20H35N3O5. The maximum Gasteiger partial charge on any atom is 0.234 e. The van der Waals surface area contributed by atoms with Crippen molar-refractivity contribution in [2.24, 2.45) is 0 Å². The van der Waals surface area contributed by atoms with Crippen molar-refractivity contribution in [3.63, 3.8) is 0 Å². The van der Waals surface area contributed by atoms with Crippen molar-refractivity contribution in [3.8, 4) is 0 Å². The van der Waals surface area contributed by atoms with E-state index in [0.717, 1.165) is 25.9 Å². The fourth-order valence-corrected chi connectivity index (χ4v) is 4.40. The average Bonchev–Trinajstić information content (AvgIpc) is 2.70. The van der Waals surface area contributed by atoms with Gasteiger partial charge in [0.2, 0.25) is 11.8 Å². The van der Waals surface area contributed by atoms with Crippen LogP contribution >= 0.6 is 0 Å². The summed E-state index contributed by atoms with van der Waals surface area (Å²) in [5.74, 6) is -0.0224. The van der Waals surface area contributed by atoms with E-state index in [1.165, 1.54) is 19.3 Å². The van der Waals surface area contributed by atoms with Gasteiger partial charge in [-0.05, 0) is 25.7 Å². The van der Waals surface area contributed by atoms with Crippen LogP contribution in [0.15, 0.2) is 0 Å². The van der Waals surface area contributed by atoms with Gasteiger partial charge in [0.05, 0.1) is 44.9 Å². The summed E-state index contributed by atoms with van der Waals surface area (Å²) in [6, 6.07) is 0.0851. The lowest BCUT2D eigenvalue weighted by Crippen LogP contribution is -2.54. The van der Waals surface area contributed by atoms with Crippen LogP contribution in [-0.4, -0.2) is 85.6 Å². The Kier molecular flexibility index (Phi) is 8.51. The molecule has 0 radical (unpaired) electrons. The summed E-state index contributed by atoms with van der Waals surface area (Å²) in [4.78, 5) is 26.7. The molecule has 2 aliphatic heterocycles. The van der Waals surface area contributed by atoms with Crippen LogP contribution in [0, 0.1) is 0 Å². The molecule has 1 saturated carbocycles. The number of rotatable bonds is 7. The monoisotopic (exact) mass is 397 g/mol. The zero-order valence-corrected chi connectivity index (χ0v) is 16.7. The van der Waals surface area contributed by atoms with Gasteiger partial charge in [-0.2, -0.15) is 0 Å². The first-order valence-electron chi connectivity index (χ1n) is 10.8. The number of hydrogen-bond donors (Lipinski definition) is 3. The number of hydrogen-bond acceptors (Lipinski definition) is 6. The quantitative estimate of drug-likeness (QED) is 0.567. The zero-order valence-electron chi connectivity index (χ0n) is 16.7. The number of carbonyl (C=O) groups excluding carboxylic acids is 2. The molecular weight excluding hydrogens is 362 g/mol. The molecule has 160 valence electrons. The minimum Gasteiger partial charge on any atom is -0.394 e. The molecule has 0 bridgehead atoms. The van der Waals surface area contributed by atoms with E-state index in [4.69, 9.17) is 9.47 Å². The highest BCUT2D eigenvalue weighted by atomic mass is 16.5. The van der Waals surface area contributed by atoms with Gasteiger partial charge in [0.1, 0.15) is 6.10 Å². The average molecular weight is 398 g/mol. The van der Waals surface area contributed by atoms with Crippen LogP contribution in [0.25, 0.3) is 0 Å². The summed E-state index contributed by atoms with van der Waals surface area (Å²) in [6.07, 6.45) is 6.83. The lowest BCUT2D eigenvalue weighted by atomic mass is 9.94. The van der Waals surface area contributed by atoms with Gasteiger partial charge in [-0.1, -0.05) is 19.3 Å². The Morgan fingerprint density at radius 3 is 2.43 bits per heavy atom. The van der Waals surface area contributed by atoms with Crippen molar-refractivity contribution in [2.45, 2.75) is 75.7 Å². The van der Waals surface area contributed by atoms with Gasteiger partial charge in [0.15, 0.2) is 0 Å². The Balaban J connectivity index is 1.39. The Bertz CT molecular complexity index is 506. The van der Waals surface area contributed by atoms with Crippen molar-refractivity contribution in [3.05, 3.63) is 0 Å². The largest absolute Gasteiger partial charge is 0.394 e. The maximum atomic E-state index is 12.3.